The number of urea groups is 1. The molecule has 0 bridgehead atoms. The maximum Gasteiger partial charge on any atom is 0.319 e. The van der Waals surface area contributed by atoms with Crippen molar-refractivity contribution in [3.05, 3.63) is 0 Å². The van der Waals surface area contributed by atoms with Gasteiger partial charge in [0, 0.05) is 52.6 Å². The normalized spacial score (nSPS) is 15.9. The highest BCUT2D eigenvalue weighted by Crippen LogP contribution is 2.07. The second-order valence-corrected chi connectivity index (χ2v) is 4.72. The number of carbonyl (C=O) groups excluding carboxylic acids is 2. The summed E-state index contributed by atoms with van der Waals surface area (Å²) in [7, 11) is 3.47. The van der Waals surface area contributed by atoms with E-state index >= 15 is 0 Å². The number of hydrogen-bond donors (Lipinski definition) is 0. The third-order valence-corrected chi connectivity index (χ3v) is 3.08. The van der Waals surface area contributed by atoms with Gasteiger partial charge < -0.3 is 14.7 Å². The largest absolute Gasteiger partial charge is 0.339 e. The molecule has 0 aliphatic carbocycles. The highest BCUT2D eigenvalue weighted by Gasteiger charge is 2.24. The fraction of sp³-hybridized carbons (Fsp3) is 0.818. The summed E-state index contributed by atoms with van der Waals surface area (Å²) < 4.78 is 0. The maximum absolute atomic E-state index is 11.7. The van der Waals surface area contributed by atoms with Gasteiger partial charge >= 0.3 is 6.03 Å². The van der Waals surface area contributed by atoms with E-state index in [0.29, 0.717) is 38.5 Å². The Morgan fingerprint density at radius 1 is 1.12 bits per heavy atom. The van der Waals surface area contributed by atoms with E-state index in [1.165, 1.54) is 0 Å². The number of carbonyl (C=O) groups is 2. The number of nitrogens with zero attached hydrogens (tertiary/aromatic N) is 3. The number of hydrogen-bond acceptors (Lipinski definition) is 2. The van der Waals surface area contributed by atoms with Crippen molar-refractivity contribution in [2.24, 2.45) is 0 Å². The number of halogens is 1. The van der Waals surface area contributed by atoms with Crippen LogP contribution in [-0.2, 0) is 4.79 Å². The van der Waals surface area contributed by atoms with Crippen molar-refractivity contribution in [3.63, 3.8) is 0 Å². The molecule has 1 saturated heterocycles. The summed E-state index contributed by atoms with van der Waals surface area (Å²) in [6.07, 6.45) is 1.22. The van der Waals surface area contributed by atoms with Gasteiger partial charge in [-0.2, -0.15) is 0 Å². The smallest absolute Gasteiger partial charge is 0.319 e. The summed E-state index contributed by atoms with van der Waals surface area (Å²) in [4.78, 5) is 28.5. The molecular formula is C11H20ClN3O2. The van der Waals surface area contributed by atoms with Crippen molar-refractivity contribution in [1.29, 1.82) is 0 Å². The second-order valence-electron chi connectivity index (χ2n) is 4.34. The number of rotatable bonds is 3. The van der Waals surface area contributed by atoms with Crippen LogP contribution in [0.5, 0.6) is 0 Å². The molecule has 1 aliphatic rings. The zero-order valence-electron chi connectivity index (χ0n) is 10.5. The van der Waals surface area contributed by atoms with Gasteiger partial charge in [0.25, 0.3) is 0 Å². The molecule has 6 heteroatoms. The Hall–Kier alpha value is -0.970. The molecule has 3 amide bonds. The third kappa shape index (κ3) is 4.07. The van der Waals surface area contributed by atoms with E-state index in [1.807, 2.05) is 4.90 Å². The van der Waals surface area contributed by atoms with Crippen LogP contribution in [0.15, 0.2) is 0 Å². The van der Waals surface area contributed by atoms with Crippen molar-refractivity contribution < 1.29 is 9.59 Å². The number of piperazine rings is 1. The molecule has 0 aromatic heterocycles. The van der Waals surface area contributed by atoms with E-state index in [9.17, 15) is 9.59 Å². The minimum atomic E-state index is 0.0119. The second kappa shape index (κ2) is 6.69. The Morgan fingerprint density at radius 2 is 1.65 bits per heavy atom. The van der Waals surface area contributed by atoms with Crippen LogP contribution in [0.4, 0.5) is 4.79 Å². The minimum Gasteiger partial charge on any atom is -0.339 e. The van der Waals surface area contributed by atoms with E-state index in [4.69, 9.17) is 11.6 Å². The summed E-state index contributed by atoms with van der Waals surface area (Å²) in [6, 6.07) is 0.0119. The lowest BCUT2D eigenvalue weighted by molar-refractivity contribution is -0.132. The highest BCUT2D eigenvalue weighted by atomic mass is 35.5. The third-order valence-electron chi connectivity index (χ3n) is 2.81. The first kappa shape index (κ1) is 14.1. The van der Waals surface area contributed by atoms with Gasteiger partial charge in [0.05, 0.1) is 0 Å². The molecule has 1 fully saturated rings. The van der Waals surface area contributed by atoms with Gasteiger partial charge in [-0.15, -0.1) is 11.6 Å². The maximum atomic E-state index is 11.7. The van der Waals surface area contributed by atoms with Crippen LogP contribution in [0.25, 0.3) is 0 Å². The zero-order valence-corrected chi connectivity index (χ0v) is 11.2. The van der Waals surface area contributed by atoms with Crippen LogP contribution in [0, 0.1) is 0 Å². The predicted octanol–water partition coefficient (Wildman–Crippen LogP) is 0.831. The lowest BCUT2D eigenvalue weighted by atomic mass is 10.2. The topological polar surface area (TPSA) is 43.9 Å². The van der Waals surface area contributed by atoms with Gasteiger partial charge in [-0.25, -0.2) is 4.79 Å². The molecule has 0 aromatic carbocycles. The van der Waals surface area contributed by atoms with Gasteiger partial charge in [0.15, 0.2) is 0 Å². The first-order valence-electron chi connectivity index (χ1n) is 5.86. The summed E-state index contributed by atoms with van der Waals surface area (Å²) in [6.45, 7) is 2.48. The Bertz CT molecular complexity index is 276. The van der Waals surface area contributed by atoms with E-state index < -0.39 is 0 Å². The molecule has 0 aromatic rings. The van der Waals surface area contributed by atoms with Gasteiger partial charge in [0.1, 0.15) is 0 Å². The molecule has 0 saturated carbocycles. The summed E-state index contributed by atoms with van der Waals surface area (Å²) >= 11 is 5.55. The molecule has 5 nitrogen and oxygen atoms in total. The average Bonchev–Trinajstić information content (AvgIpc) is 2.35. The van der Waals surface area contributed by atoms with Gasteiger partial charge in [-0.05, 0) is 6.42 Å². The Morgan fingerprint density at radius 3 is 2.12 bits per heavy atom. The number of amides is 3. The SMILES string of the molecule is CN(C)C(=O)N1CCN(C(=O)CCCCl)CC1. The Kier molecular flexibility index (Phi) is 5.55. The van der Waals surface area contributed by atoms with Crippen molar-refractivity contribution in [2.45, 2.75) is 12.8 Å². The number of alkyl halides is 1. The van der Waals surface area contributed by atoms with Gasteiger partial charge in [-0.3, -0.25) is 4.79 Å². The molecule has 98 valence electrons. The van der Waals surface area contributed by atoms with E-state index in [2.05, 4.69) is 0 Å². The van der Waals surface area contributed by atoms with Crippen LogP contribution < -0.4 is 0 Å². The van der Waals surface area contributed by atoms with E-state index in [-0.39, 0.29) is 11.9 Å². The summed E-state index contributed by atoms with van der Waals surface area (Å²) in [5.74, 6) is 0.660. The molecule has 1 heterocycles. The molecular weight excluding hydrogens is 242 g/mol. The predicted molar refractivity (Wildman–Crippen MR) is 67.2 cm³/mol. The Labute approximate surface area is 107 Å². The quantitative estimate of drug-likeness (QED) is 0.707. The molecule has 0 N–H and O–H groups in total. The molecule has 0 radical (unpaired) electrons. The Balaban J connectivity index is 2.35. The first-order valence-corrected chi connectivity index (χ1v) is 6.39. The van der Waals surface area contributed by atoms with Crippen LogP contribution in [0.2, 0.25) is 0 Å². The fourth-order valence-electron chi connectivity index (χ4n) is 1.81. The lowest BCUT2D eigenvalue weighted by Crippen LogP contribution is -2.52. The van der Waals surface area contributed by atoms with E-state index in [1.54, 1.807) is 23.9 Å². The monoisotopic (exact) mass is 261 g/mol. The zero-order chi connectivity index (χ0) is 12.8. The van der Waals surface area contributed by atoms with Crippen molar-refractivity contribution >= 4 is 23.5 Å². The molecule has 0 atom stereocenters. The average molecular weight is 262 g/mol. The van der Waals surface area contributed by atoms with Crippen molar-refractivity contribution in [1.82, 2.24) is 14.7 Å². The van der Waals surface area contributed by atoms with Crippen molar-refractivity contribution in [2.75, 3.05) is 46.2 Å². The molecule has 1 rings (SSSR count). The molecule has 1 aliphatic heterocycles. The van der Waals surface area contributed by atoms with Crippen molar-refractivity contribution in [3.8, 4) is 0 Å². The highest BCUT2D eigenvalue weighted by molar-refractivity contribution is 6.17. The lowest BCUT2D eigenvalue weighted by Gasteiger charge is -2.36. The summed E-state index contributed by atoms with van der Waals surface area (Å²) in [5, 5.41) is 0. The molecule has 0 unspecified atom stereocenters. The fourth-order valence-corrected chi connectivity index (χ4v) is 1.94. The minimum absolute atomic E-state index is 0.0119. The first-order chi connectivity index (χ1) is 8.06. The molecule has 0 spiro atoms. The summed E-state index contributed by atoms with van der Waals surface area (Å²) in [5.41, 5.74) is 0. The van der Waals surface area contributed by atoms with Crippen LogP contribution in [0.1, 0.15) is 12.8 Å². The van der Waals surface area contributed by atoms with Crippen LogP contribution >= 0.6 is 11.6 Å². The van der Waals surface area contributed by atoms with Crippen LogP contribution in [-0.4, -0.2) is 72.8 Å². The molecule has 17 heavy (non-hydrogen) atoms. The van der Waals surface area contributed by atoms with Gasteiger partial charge in [0.2, 0.25) is 5.91 Å². The van der Waals surface area contributed by atoms with Crippen LogP contribution in [0.3, 0.4) is 0 Å². The standard InChI is InChI=1S/C11H20ClN3O2/c1-13(2)11(17)15-8-6-14(7-9-15)10(16)4-3-5-12/h3-9H2,1-2H3. The van der Waals surface area contributed by atoms with Gasteiger partial charge in [-0.1, -0.05) is 0 Å². The van der Waals surface area contributed by atoms with E-state index in [0.717, 1.165) is 6.42 Å².